The Hall–Kier alpha value is -4.27. The van der Waals surface area contributed by atoms with Gasteiger partial charge in [-0.2, -0.15) is 0 Å². The number of carbonyl (C=O) groups excluding carboxylic acids is 1. The molecule has 34 heavy (non-hydrogen) atoms. The molecule has 0 saturated carbocycles. The van der Waals surface area contributed by atoms with Crippen LogP contribution in [0.3, 0.4) is 0 Å². The minimum atomic E-state index is -0.236. The minimum Gasteiger partial charge on any atom is -0.497 e. The standard InChI is InChI=1S/C25H23N5O4/c1-16-23(28-34-27-16)25(32)29-11-8-22-19(15-29)13-21(18-6-9-26-10-7-18)24(31)30(22)14-17-4-3-5-20(12-17)33-2/h3-7,9-10,12-13H,8,11,14-15H2,1-2H3. The second kappa shape index (κ2) is 8.93. The summed E-state index contributed by atoms with van der Waals surface area (Å²) < 4.78 is 11.9. The molecule has 1 aromatic carbocycles. The summed E-state index contributed by atoms with van der Waals surface area (Å²) >= 11 is 0. The number of ether oxygens (including phenoxy) is 1. The first-order valence-corrected chi connectivity index (χ1v) is 10.9. The van der Waals surface area contributed by atoms with Crippen LogP contribution in [0.2, 0.25) is 0 Å². The van der Waals surface area contributed by atoms with Crippen molar-refractivity contribution in [1.82, 2.24) is 24.8 Å². The van der Waals surface area contributed by atoms with Crippen LogP contribution in [0.1, 0.15) is 33.0 Å². The first-order chi connectivity index (χ1) is 16.5. The molecule has 1 aliphatic rings. The molecule has 3 aromatic heterocycles. The number of amides is 1. The monoisotopic (exact) mass is 457 g/mol. The number of aromatic nitrogens is 4. The van der Waals surface area contributed by atoms with Gasteiger partial charge in [0.25, 0.3) is 11.5 Å². The van der Waals surface area contributed by atoms with Crippen LogP contribution in [0.15, 0.2) is 64.3 Å². The average Bonchev–Trinajstić information content (AvgIpc) is 3.31. The topological polar surface area (TPSA) is 103 Å². The fourth-order valence-corrected chi connectivity index (χ4v) is 4.33. The fraction of sp³-hybridized carbons (Fsp3) is 0.240. The molecule has 0 aliphatic carbocycles. The van der Waals surface area contributed by atoms with Crippen molar-refractivity contribution in [2.75, 3.05) is 13.7 Å². The number of fused-ring (bicyclic) bond motifs is 1. The molecule has 1 aliphatic heterocycles. The van der Waals surface area contributed by atoms with Crippen molar-refractivity contribution in [3.8, 4) is 16.9 Å². The van der Waals surface area contributed by atoms with Gasteiger partial charge in [-0.15, -0.1) is 0 Å². The van der Waals surface area contributed by atoms with Crippen molar-refractivity contribution >= 4 is 5.91 Å². The summed E-state index contributed by atoms with van der Waals surface area (Å²) in [5, 5.41) is 7.49. The van der Waals surface area contributed by atoms with Gasteiger partial charge in [0.15, 0.2) is 5.69 Å². The van der Waals surface area contributed by atoms with Crippen molar-refractivity contribution in [2.24, 2.45) is 0 Å². The van der Waals surface area contributed by atoms with Crippen LogP contribution in [-0.4, -0.2) is 44.3 Å². The van der Waals surface area contributed by atoms with Gasteiger partial charge in [0, 0.05) is 43.2 Å². The number of carbonyl (C=O) groups is 1. The summed E-state index contributed by atoms with van der Waals surface area (Å²) in [5.41, 5.74) is 4.73. The first kappa shape index (κ1) is 21.6. The largest absolute Gasteiger partial charge is 0.497 e. The molecule has 0 spiro atoms. The summed E-state index contributed by atoms with van der Waals surface area (Å²) in [6, 6.07) is 13.2. The van der Waals surface area contributed by atoms with Gasteiger partial charge in [-0.1, -0.05) is 17.3 Å². The maximum Gasteiger partial charge on any atom is 0.278 e. The van der Waals surface area contributed by atoms with E-state index in [9.17, 15) is 9.59 Å². The second-order valence-corrected chi connectivity index (χ2v) is 8.18. The zero-order valence-corrected chi connectivity index (χ0v) is 18.9. The Kier molecular flexibility index (Phi) is 5.67. The van der Waals surface area contributed by atoms with Gasteiger partial charge < -0.3 is 14.2 Å². The van der Waals surface area contributed by atoms with Crippen LogP contribution in [0, 0.1) is 6.92 Å². The van der Waals surface area contributed by atoms with Gasteiger partial charge >= 0.3 is 0 Å². The SMILES string of the molecule is COc1cccc(Cn2c3c(cc(-c4ccncc4)c2=O)CN(C(=O)c2nonc2C)CC3)c1. The van der Waals surface area contributed by atoms with Crippen molar-refractivity contribution in [2.45, 2.75) is 26.4 Å². The lowest BCUT2D eigenvalue weighted by Crippen LogP contribution is -2.40. The van der Waals surface area contributed by atoms with Crippen LogP contribution >= 0.6 is 0 Å². The smallest absolute Gasteiger partial charge is 0.278 e. The molecular formula is C25H23N5O4. The Morgan fingerprint density at radius 3 is 2.71 bits per heavy atom. The highest BCUT2D eigenvalue weighted by Gasteiger charge is 2.28. The summed E-state index contributed by atoms with van der Waals surface area (Å²) in [6.45, 7) is 2.91. The molecule has 9 heteroatoms. The highest BCUT2D eigenvalue weighted by molar-refractivity contribution is 5.93. The van der Waals surface area contributed by atoms with Crippen LogP contribution < -0.4 is 10.3 Å². The molecule has 4 aromatic rings. The summed E-state index contributed by atoms with van der Waals surface area (Å²) in [5.74, 6) is 0.499. The van der Waals surface area contributed by atoms with Crippen LogP contribution in [0.4, 0.5) is 0 Å². The molecule has 9 nitrogen and oxygen atoms in total. The lowest BCUT2D eigenvalue weighted by atomic mass is 9.99. The predicted molar refractivity (Wildman–Crippen MR) is 124 cm³/mol. The van der Waals surface area contributed by atoms with E-state index >= 15 is 0 Å². The van der Waals surface area contributed by atoms with E-state index in [1.165, 1.54) is 0 Å². The molecule has 0 unspecified atom stereocenters. The van der Waals surface area contributed by atoms with E-state index in [1.807, 2.05) is 47.0 Å². The molecule has 0 bridgehead atoms. The van der Waals surface area contributed by atoms with Gasteiger partial charge in [-0.05, 0) is 59.1 Å². The predicted octanol–water partition coefficient (Wildman–Crippen LogP) is 2.86. The molecular weight excluding hydrogens is 434 g/mol. The van der Waals surface area contributed by atoms with Crippen LogP contribution in [0.5, 0.6) is 5.75 Å². The second-order valence-electron chi connectivity index (χ2n) is 8.18. The van der Waals surface area contributed by atoms with E-state index in [0.29, 0.717) is 37.3 Å². The van der Waals surface area contributed by atoms with E-state index in [4.69, 9.17) is 9.37 Å². The molecule has 0 N–H and O–H groups in total. The Morgan fingerprint density at radius 2 is 1.97 bits per heavy atom. The first-order valence-electron chi connectivity index (χ1n) is 10.9. The van der Waals surface area contributed by atoms with Gasteiger partial charge in [0.05, 0.1) is 13.7 Å². The van der Waals surface area contributed by atoms with Gasteiger partial charge in [0.2, 0.25) is 0 Å². The van der Waals surface area contributed by atoms with Crippen molar-refractivity contribution < 1.29 is 14.2 Å². The molecule has 0 saturated heterocycles. The van der Waals surface area contributed by atoms with Crippen LogP contribution in [-0.2, 0) is 19.5 Å². The lowest BCUT2D eigenvalue weighted by Gasteiger charge is -2.31. The van der Waals surface area contributed by atoms with E-state index in [2.05, 4.69) is 15.3 Å². The third-order valence-electron chi connectivity index (χ3n) is 6.08. The van der Waals surface area contributed by atoms with E-state index in [1.54, 1.807) is 31.3 Å². The molecule has 0 radical (unpaired) electrons. The number of methoxy groups -OCH3 is 1. The summed E-state index contributed by atoms with van der Waals surface area (Å²) in [6.07, 6.45) is 3.87. The third kappa shape index (κ3) is 3.96. The Labute approximate surface area is 195 Å². The number of rotatable bonds is 5. The number of aryl methyl sites for hydroxylation is 1. The Balaban J connectivity index is 1.59. The molecule has 0 fully saturated rings. The summed E-state index contributed by atoms with van der Waals surface area (Å²) in [4.78, 5) is 32.5. The Morgan fingerprint density at radius 1 is 1.15 bits per heavy atom. The molecule has 172 valence electrons. The Bertz CT molecular complexity index is 1410. The average molecular weight is 457 g/mol. The molecule has 0 atom stereocenters. The third-order valence-corrected chi connectivity index (χ3v) is 6.08. The lowest BCUT2D eigenvalue weighted by molar-refractivity contribution is 0.0720. The van der Waals surface area contributed by atoms with E-state index in [0.717, 1.165) is 28.1 Å². The maximum absolute atomic E-state index is 13.6. The highest BCUT2D eigenvalue weighted by Crippen LogP contribution is 2.26. The number of pyridine rings is 2. The highest BCUT2D eigenvalue weighted by atomic mass is 16.6. The van der Waals surface area contributed by atoms with Crippen molar-refractivity contribution in [1.29, 1.82) is 0 Å². The van der Waals surface area contributed by atoms with Gasteiger partial charge in [-0.25, -0.2) is 4.63 Å². The fourth-order valence-electron chi connectivity index (χ4n) is 4.33. The van der Waals surface area contributed by atoms with E-state index in [-0.39, 0.29) is 17.2 Å². The molecule has 4 heterocycles. The molecule has 5 rings (SSSR count). The quantitative estimate of drug-likeness (QED) is 0.454. The van der Waals surface area contributed by atoms with Gasteiger partial charge in [-0.3, -0.25) is 14.6 Å². The number of benzene rings is 1. The van der Waals surface area contributed by atoms with Gasteiger partial charge in [0.1, 0.15) is 11.4 Å². The summed E-state index contributed by atoms with van der Waals surface area (Å²) in [7, 11) is 1.62. The normalized spacial score (nSPS) is 12.9. The minimum absolute atomic E-state index is 0.0795. The number of nitrogens with zero attached hydrogens (tertiary/aromatic N) is 5. The zero-order valence-electron chi connectivity index (χ0n) is 18.9. The zero-order chi connectivity index (χ0) is 23.7. The number of hydrogen-bond acceptors (Lipinski definition) is 7. The maximum atomic E-state index is 13.6. The van der Waals surface area contributed by atoms with Crippen LogP contribution in [0.25, 0.3) is 11.1 Å². The van der Waals surface area contributed by atoms with Crippen molar-refractivity contribution in [3.63, 3.8) is 0 Å². The number of hydrogen-bond donors (Lipinski definition) is 0. The molecule has 1 amide bonds. The van der Waals surface area contributed by atoms with Crippen molar-refractivity contribution in [3.05, 3.63) is 93.4 Å². The van der Waals surface area contributed by atoms with E-state index < -0.39 is 0 Å².